The Morgan fingerprint density at radius 3 is 2.70 bits per heavy atom. The third-order valence-corrected chi connectivity index (χ3v) is 4.82. The lowest BCUT2D eigenvalue weighted by Crippen LogP contribution is -2.28. The number of aryl methyl sites for hydroxylation is 1. The fourth-order valence-corrected chi connectivity index (χ4v) is 3.28. The van der Waals surface area contributed by atoms with Gasteiger partial charge in [0.2, 0.25) is 5.91 Å². The van der Waals surface area contributed by atoms with Gasteiger partial charge in [0.1, 0.15) is 0 Å². The molecule has 0 aliphatic carbocycles. The number of benzene rings is 1. The van der Waals surface area contributed by atoms with E-state index in [-0.39, 0.29) is 10.7 Å². The third-order valence-electron chi connectivity index (χ3n) is 2.54. The van der Waals surface area contributed by atoms with Crippen LogP contribution < -0.4 is 5.32 Å². The Morgan fingerprint density at radius 1 is 1.30 bits per heavy atom. The first-order valence-electron chi connectivity index (χ1n) is 6.91. The number of carbonyl (C=O) groups excluding carboxylic acids is 1. The molecule has 1 aromatic carbocycles. The van der Waals surface area contributed by atoms with Crippen LogP contribution in [0.5, 0.6) is 0 Å². The molecule has 0 fully saturated rings. The molecule has 20 heavy (non-hydrogen) atoms. The highest BCUT2D eigenvalue weighted by Crippen LogP contribution is 2.22. The van der Waals surface area contributed by atoms with Crippen molar-refractivity contribution in [3.8, 4) is 0 Å². The Kier molecular flexibility index (Phi) is 7.52. The first-order chi connectivity index (χ1) is 9.37. The van der Waals surface area contributed by atoms with Crippen LogP contribution in [-0.2, 0) is 10.5 Å². The number of rotatable bonds is 7. The van der Waals surface area contributed by atoms with E-state index in [1.54, 1.807) is 11.8 Å². The number of nitrogens with one attached hydrogen (secondary N) is 1. The van der Waals surface area contributed by atoms with Gasteiger partial charge in [-0.1, -0.05) is 50.6 Å². The third kappa shape index (κ3) is 8.54. The Labute approximate surface area is 131 Å². The van der Waals surface area contributed by atoms with Gasteiger partial charge in [0.05, 0.1) is 5.75 Å². The minimum absolute atomic E-state index is 0.136. The summed E-state index contributed by atoms with van der Waals surface area (Å²) >= 11 is 3.54. The molecule has 4 heteroatoms. The largest absolute Gasteiger partial charge is 0.355 e. The van der Waals surface area contributed by atoms with Crippen molar-refractivity contribution in [3.05, 3.63) is 35.4 Å². The van der Waals surface area contributed by atoms with E-state index < -0.39 is 0 Å². The average molecular weight is 312 g/mol. The molecule has 1 amide bonds. The fourth-order valence-electron chi connectivity index (χ4n) is 1.66. The molecular formula is C16H25NOS2. The number of hydrogen-bond donors (Lipinski definition) is 1. The van der Waals surface area contributed by atoms with Crippen LogP contribution in [-0.4, -0.2) is 28.7 Å². The van der Waals surface area contributed by atoms with Crippen LogP contribution in [0.15, 0.2) is 24.3 Å². The summed E-state index contributed by atoms with van der Waals surface area (Å²) in [5.74, 6) is 2.54. The lowest BCUT2D eigenvalue weighted by molar-refractivity contribution is -0.118. The molecule has 0 saturated carbocycles. The van der Waals surface area contributed by atoms with E-state index in [2.05, 4.69) is 57.3 Å². The first-order valence-corrected chi connectivity index (χ1v) is 9.05. The van der Waals surface area contributed by atoms with Gasteiger partial charge < -0.3 is 5.32 Å². The SMILES string of the molecule is Cc1cccc(CSCC(=O)NCCSC(C)(C)C)c1. The molecular weight excluding hydrogens is 286 g/mol. The van der Waals surface area contributed by atoms with Gasteiger partial charge in [-0.15, -0.1) is 11.8 Å². The average Bonchev–Trinajstić information content (AvgIpc) is 2.34. The maximum Gasteiger partial charge on any atom is 0.230 e. The van der Waals surface area contributed by atoms with Crippen LogP contribution >= 0.6 is 23.5 Å². The highest BCUT2D eigenvalue weighted by molar-refractivity contribution is 8.00. The monoisotopic (exact) mass is 311 g/mol. The molecule has 1 rings (SSSR count). The summed E-state index contributed by atoms with van der Waals surface area (Å²) < 4.78 is 0.268. The molecule has 0 bridgehead atoms. The summed E-state index contributed by atoms with van der Waals surface area (Å²) in [4.78, 5) is 11.7. The Bertz CT molecular complexity index is 427. The standard InChI is InChI=1S/C16H25NOS2/c1-13-6-5-7-14(10-13)11-19-12-15(18)17-8-9-20-16(2,3)4/h5-7,10H,8-9,11-12H2,1-4H3,(H,17,18). The number of hydrogen-bond acceptors (Lipinski definition) is 3. The molecule has 112 valence electrons. The van der Waals surface area contributed by atoms with Gasteiger partial charge in [0.15, 0.2) is 0 Å². The molecule has 0 aromatic heterocycles. The summed E-state index contributed by atoms with van der Waals surface area (Å²) in [5, 5.41) is 2.97. The van der Waals surface area contributed by atoms with Crippen LogP contribution in [0.3, 0.4) is 0 Å². The van der Waals surface area contributed by atoms with E-state index in [0.717, 1.165) is 18.1 Å². The molecule has 0 saturated heterocycles. The lowest BCUT2D eigenvalue weighted by Gasteiger charge is -2.17. The quantitative estimate of drug-likeness (QED) is 0.775. The highest BCUT2D eigenvalue weighted by atomic mass is 32.2. The Hall–Kier alpha value is -0.610. The molecule has 2 nitrogen and oxygen atoms in total. The predicted molar refractivity (Wildman–Crippen MR) is 92.6 cm³/mol. The summed E-state index contributed by atoms with van der Waals surface area (Å²) in [7, 11) is 0. The van der Waals surface area contributed by atoms with Gasteiger partial charge in [0, 0.05) is 22.8 Å². The first kappa shape index (κ1) is 17.4. The summed E-state index contributed by atoms with van der Waals surface area (Å²) in [6.45, 7) is 9.42. The zero-order chi connectivity index (χ0) is 15.0. The Balaban J connectivity index is 2.11. The molecule has 1 N–H and O–H groups in total. The Morgan fingerprint density at radius 2 is 2.05 bits per heavy atom. The number of amides is 1. The maximum atomic E-state index is 11.7. The van der Waals surface area contributed by atoms with Crippen molar-refractivity contribution in [2.75, 3.05) is 18.1 Å². The summed E-state index contributed by atoms with van der Waals surface area (Å²) in [6.07, 6.45) is 0. The van der Waals surface area contributed by atoms with Gasteiger partial charge >= 0.3 is 0 Å². The normalized spacial score (nSPS) is 11.4. The van der Waals surface area contributed by atoms with Crippen molar-refractivity contribution in [2.24, 2.45) is 0 Å². The molecule has 0 unspecified atom stereocenters. The molecule has 0 heterocycles. The van der Waals surface area contributed by atoms with E-state index in [1.807, 2.05) is 11.8 Å². The molecule has 0 spiro atoms. The van der Waals surface area contributed by atoms with Crippen molar-refractivity contribution in [1.29, 1.82) is 0 Å². The van der Waals surface area contributed by atoms with Crippen LogP contribution in [0.25, 0.3) is 0 Å². The van der Waals surface area contributed by atoms with Crippen LogP contribution in [0.4, 0.5) is 0 Å². The maximum absolute atomic E-state index is 11.7. The van der Waals surface area contributed by atoms with Gasteiger partial charge in [-0.05, 0) is 12.5 Å². The number of carbonyl (C=O) groups is 1. The molecule has 0 atom stereocenters. The van der Waals surface area contributed by atoms with Gasteiger partial charge in [0.25, 0.3) is 0 Å². The minimum Gasteiger partial charge on any atom is -0.355 e. The van der Waals surface area contributed by atoms with E-state index in [1.165, 1.54) is 11.1 Å². The van der Waals surface area contributed by atoms with Crippen LogP contribution in [0.1, 0.15) is 31.9 Å². The van der Waals surface area contributed by atoms with E-state index in [4.69, 9.17) is 0 Å². The zero-order valence-electron chi connectivity index (χ0n) is 12.9. The van der Waals surface area contributed by atoms with Crippen molar-refractivity contribution in [3.63, 3.8) is 0 Å². The van der Waals surface area contributed by atoms with Crippen LogP contribution in [0.2, 0.25) is 0 Å². The minimum atomic E-state index is 0.136. The summed E-state index contributed by atoms with van der Waals surface area (Å²) in [6, 6.07) is 8.44. The van der Waals surface area contributed by atoms with Gasteiger partial charge in [-0.2, -0.15) is 11.8 Å². The second kappa shape index (κ2) is 8.63. The smallest absolute Gasteiger partial charge is 0.230 e. The van der Waals surface area contributed by atoms with E-state index in [0.29, 0.717) is 5.75 Å². The molecule has 1 aromatic rings. The highest BCUT2D eigenvalue weighted by Gasteiger charge is 2.10. The van der Waals surface area contributed by atoms with E-state index in [9.17, 15) is 4.79 Å². The predicted octanol–water partition coefficient (Wildman–Crippen LogP) is 3.88. The topological polar surface area (TPSA) is 29.1 Å². The van der Waals surface area contributed by atoms with Crippen molar-refractivity contribution < 1.29 is 4.79 Å². The lowest BCUT2D eigenvalue weighted by atomic mass is 10.2. The molecule has 0 radical (unpaired) electrons. The molecule has 0 aliphatic rings. The van der Waals surface area contributed by atoms with Gasteiger partial charge in [-0.3, -0.25) is 4.79 Å². The second-order valence-electron chi connectivity index (χ2n) is 5.79. The van der Waals surface area contributed by atoms with Crippen molar-refractivity contribution in [1.82, 2.24) is 5.32 Å². The second-order valence-corrected chi connectivity index (χ2v) is 8.70. The van der Waals surface area contributed by atoms with Crippen LogP contribution in [0, 0.1) is 6.92 Å². The van der Waals surface area contributed by atoms with Crippen molar-refractivity contribution in [2.45, 2.75) is 38.2 Å². The van der Waals surface area contributed by atoms with Crippen molar-refractivity contribution >= 4 is 29.4 Å². The van der Waals surface area contributed by atoms with E-state index >= 15 is 0 Å². The van der Waals surface area contributed by atoms with Gasteiger partial charge in [-0.25, -0.2) is 0 Å². The molecule has 0 aliphatic heterocycles. The fraction of sp³-hybridized carbons (Fsp3) is 0.562. The number of thioether (sulfide) groups is 2. The summed E-state index contributed by atoms with van der Waals surface area (Å²) in [5.41, 5.74) is 2.55. The zero-order valence-corrected chi connectivity index (χ0v) is 14.5.